The highest BCUT2D eigenvalue weighted by atomic mass is 19.1. The lowest BCUT2D eigenvalue weighted by atomic mass is 9.85. The smallest absolute Gasteiger partial charge is 0.338 e. The normalized spacial score (nSPS) is 23.1. The second-order valence-corrected chi connectivity index (χ2v) is 4.98. The number of rotatable bonds is 4. The van der Waals surface area contributed by atoms with Crippen molar-refractivity contribution in [3.63, 3.8) is 0 Å². The van der Waals surface area contributed by atoms with Crippen molar-refractivity contribution in [2.45, 2.75) is 31.7 Å². The molecule has 19 heavy (non-hydrogen) atoms. The van der Waals surface area contributed by atoms with Gasteiger partial charge in [-0.15, -0.1) is 0 Å². The Kier molecular flexibility index (Phi) is 4.37. The van der Waals surface area contributed by atoms with E-state index in [0.29, 0.717) is 5.69 Å². The van der Waals surface area contributed by atoms with Gasteiger partial charge in [-0.2, -0.15) is 0 Å². The number of carboxylic acid groups (broad SMARTS) is 1. The van der Waals surface area contributed by atoms with Crippen molar-refractivity contribution in [2.75, 3.05) is 11.9 Å². The van der Waals surface area contributed by atoms with Crippen molar-refractivity contribution in [3.8, 4) is 0 Å². The third-order valence-corrected chi connectivity index (χ3v) is 3.70. The van der Waals surface area contributed by atoms with Crippen LogP contribution in [-0.2, 0) is 0 Å². The highest BCUT2D eigenvalue weighted by Gasteiger charge is 2.24. The predicted octanol–water partition coefficient (Wildman–Crippen LogP) is 2.49. The van der Waals surface area contributed by atoms with E-state index in [1.165, 1.54) is 12.1 Å². The van der Waals surface area contributed by atoms with Gasteiger partial charge in [0.05, 0.1) is 5.56 Å². The van der Waals surface area contributed by atoms with E-state index in [4.69, 9.17) is 5.11 Å². The van der Waals surface area contributed by atoms with Crippen LogP contribution in [0.4, 0.5) is 10.1 Å². The predicted molar refractivity (Wildman–Crippen MR) is 69.8 cm³/mol. The standard InChI is InChI=1S/C14H18FNO3/c15-12-7-10(5-6-11(12)14(18)19)16-13-4-2-1-3-9(13)8-17/h5-7,9,13,16-17H,1-4,8H2,(H,18,19). The molecular formula is C14H18FNO3. The van der Waals surface area contributed by atoms with Gasteiger partial charge in [0.15, 0.2) is 0 Å². The maximum absolute atomic E-state index is 13.6. The van der Waals surface area contributed by atoms with Crippen molar-refractivity contribution >= 4 is 11.7 Å². The summed E-state index contributed by atoms with van der Waals surface area (Å²) in [5, 5.41) is 21.3. The molecule has 2 atom stereocenters. The van der Waals surface area contributed by atoms with E-state index in [-0.39, 0.29) is 24.1 Å². The van der Waals surface area contributed by atoms with Gasteiger partial charge >= 0.3 is 5.97 Å². The fourth-order valence-electron chi connectivity index (χ4n) is 2.61. The molecule has 1 aromatic carbocycles. The summed E-state index contributed by atoms with van der Waals surface area (Å²) in [6.07, 6.45) is 4.09. The summed E-state index contributed by atoms with van der Waals surface area (Å²) in [4.78, 5) is 10.7. The van der Waals surface area contributed by atoms with Crippen LogP contribution in [0, 0.1) is 11.7 Å². The van der Waals surface area contributed by atoms with Crippen LogP contribution >= 0.6 is 0 Å². The first-order chi connectivity index (χ1) is 9.11. The number of aromatic carboxylic acids is 1. The first-order valence-corrected chi connectivity index (χ1v) is 6.52. The molecule has 2 rings (SSSR count). The molecule has 0 heterocycles. The second kappa shape index (κ2) is 6.02. The second-order valence-electron chi connectivity index (χ2n) is 4.98. The number of benzene rings is 1. The zero-order chi connectivity index (χ0) is 13.8. The van der Waals surface area contributed by atoms with Gasteiger partial charge in [-0.05, 0) is 31.0 Å². The maximum Gasteiger partial charge on any atom is 0.338 e. The summed E-state index contributed by atoms with van der Waals surface area (Å²) in [6.45, 7) is 0.118. The molecule has 1 aromatic rings. The summed E-state index contributed by atoms with van der Waals surface area (Å²) in [6, 6.07) is 4.15. The number of hydrogen-bond donors (Lipinski definition) is 3. The average Bonchev–Trinajstić information content (AvgIpc) is 2.39. The van der Waals surface area contributed by atoms with E-state index >= 15 is 0 Å². The van der Waals surface area contributed by atoms with Gasteiger partial charge in [0.2, 0.25) is 0 Å². The summed E-state index contributed by atoms with van der Waals surface area (Å²) < 4.78 is 13.6. The van der Waals surface area contributed by atoms with E-state index in [2.05, 4.69) is 5.32 Å². The largest absolute Gasteiger partial charge is 0.478 e. The van der Waals surface area contributed by atoms with Crippen LogP contribution < -0.4 is 5.32 Å². The van der Waals surface area contributed by atoms with Gasteiger partial charge in [-0.3, -0.25) is 0 Å². The molecule has 0 aliphatic heterocycles. The molecule has 104 valence electrons. The quantitative estimate of drug-likeness (QED) is 0.784. The number of hydrogen-bond acceptors (Lipinski definition) is 3. The van der Waals surface area contributed by atoms with Crippen LogP contribution in [0.25, 0.3) is 0 Å². The first-order valence-electron chi connectivity index (χ1n) is 6.52. The monoisotopic (exact) mass is 267 g/mol. The van der Waals surface area contributed by atoms with E-state index in [1.54, 1.807) is 6.07 Å². The highest BCUT2D eigenvalue weighted by molar-refractivity contribution is 5.88. The molecule has 0 bridgehead atoms. The van der Waals surface area contributed by atoms with Gasteiger partial charge in [0.25, 0.3) is 0 Å². The molecule has 0 radical (unpaired) electrons. The molecule has 0 amide bonds. The minimum Gasteiger partial charge on any atom is -0.478 e. The van der Waals surface area contributed by atoms with E-state index in [1.807, 2.05) is 0 Å². The Morgan fingerprint density at radius 3 is 2.74 bits per heavy atom. The summed E-state index contributed by atoms with van der Waals surface area (Å²) in [5.74, 6) is -1.83. The van der Waals surface area contributed by atoms with Crippen molar-refractivity contribution < 1.29 is 19.4 Å². The minimum atomic E-state index is -1.27. The fraction of sp³-hybridized carbons (Fsp3) is 0.500. The third kappa shape index (κ3) is 3.23. The van der Waals surface area contributed by atoms with Crippen molar-refractivity contribution in [2.24, 2.45) is 5.92 Å². The van der Waals surface area contributed by atoms with Gasteiger partial charge in [0, 0.05) is 24.3 Å². The molecular weight excluding hydrogens is 249 g/mol. The van der Waals surface area contributed by atoms with Crippen molar-refractivity contribution in [1.82, 2.24) is 0 Å². The molecule has 3 N–H and O–H groups in total. The number of carbonyl (C=O) groups is 1. The van der Waals surface area contributed by atoms with Crippen LogP contribution in [0.2, 0.25) is 0 Å². The number of nitrogens with one attached hydrogen (secondary N) is 1. The maximum atomic E-state index is 13.6. The molecule has 0 spiro atoms. The highest BCUT2D eigenvalue weighted by Crippen LogP contribution is 2.27. The Bertz CT molecular complexity index is 464. The van der Waals surface area contributed by atoms with Crippen LogP contribution in [0.5, 0.6) is 0 Å². The molecule has 1 fully saturated rings. The van der Waals surface area contributed by atoms with Crippen molar-refractivity contribution in [3.05, 3.63) is 29.6 Å². The molecule has 0 saturated heterocycles. The number of aliphatic hydroxyl groups is 1. The van der Waals surface area contributed by atoms with Crippen LogP contribution in [0.15, 0.2) is 18.2 Å². The Labute approximate surface area is 111 Å². The molecule has 4 nitrogen and oxygen atoms in total. The summed E-state index contributed by atoms with van der Waals surface area (Å²) in [5.41, 5.74) is 0.237. The number of anilines is 1. The lowest BCUT2D eigenvalue weighted by Gasteiger charge is -2.31. The molecule has 2 unspecified atom stereocenters. The molecule has 1 aliphatic carbocycles. The van der Waals surface area contributed by atoms with Gasteiger partial charge in [-0.25, -0.2) is 9.18 Å². The summed E-state index contributed by atoms with van der Waals surface area (Å²) >= 11 is 0. The Balaban J connectivity index is 2.10. The van der Waals surface area contributed by atoms with Gasteiger partial charge in [0.1, 0.15) is 5.82 Å². The summed E-state index contributed by atoms with van der Waals surface area (Å²) in [7, 11) is 0. The average molecular weight is 267 g/mol. The van der Waals surface area contributed by atoms with E-state index in [9.17, 15) is 14.3 Å². The number of halogens is 1. The molecule has 1 aliphatic rings. The third-order valence-electron chi connectivity index (χ3n) is 3.70. The number of aliphatic hydroxyl groups excluding tert-OH is 1. The Hall–Kier alpha value is -1.62. The van der Waals surface area contributed by atoms with E-state index in [0.717, 1.165) is 25.7 Å². The van der Waals surface area contributed by atoms with Crippen LogP contribution in [0.1, 0.15) is 36.0 Å². The first kappa shape index (κ1) is 13.8. The van der Waals surface area contributed by atoms with Crippen molar-refractivity contribution in [1.29, 1.82) is 0 Å². The van der Waals surface area contributed by atoms with Crippen LogP contribution in [-0.4, -0.2) is 28.8 Å². The van der Waals surface area contributed by atoms with Crippen LogP contribution in [0.3, 0.4) is 0 Å². The molecule has 5 heteroatoms. The zero-order valence-electron chi connectivity index (χ0n) is 10.6. The minimum absolute atomic E-state index is 0.118. The SMILES string of the molecule is O=C(O)c1ccc(NC2CCCCC2CO)cc1F. The zero-order valence-corrected chi connectivity index (χ0v) is 10.6. The number of carboxylic acids is 1. The Morgan fingerprint density at radius 2 is 2.11 bits per heavy atom. The lowest BCUT2D eigenvalue weighted by Crippen LogP contribution is -2.34. The van der Waals surface area contributed by atoms with Gasteiger partial charge in [-0.1, -0.05) is 12.8 Å². The lowest BCUT2D eigenvalue weighted by molar-refractivity contribution is 0.0692. The topological polar surface area (TPSA) is 69.6 Å². The molecule has 1 saturated carbocycles. The van der Waals surface area contributed by atoms with Gasteiger partial charge < -0.3 is 15.5 Å². The fourth-order valence-corrected chi connectivity index (χ4v) is 2.61. The molecule has 0 aromatic heterocycles. The van der Waals surface area contributed by atoms with E-state index < -0.39 is 11.8 Å². The Morgan fingerprint density at radius 1 is 1.37 bits per heavy atom.